The molecule has 1 N–H and O–H groups in total. The van der Waals surface area contributed by atoms with Crippen LogP contribution in [-0.2, 0) is 9.53 Å². The fourth-order valence-corrected chi connectivity index (χ4v) is 1.31. The van der Waals surface area contributed by atoms with E-state index in [9.17, 15) is 14.9 Å². The Morgan fingerprint density at radius 1 is 1.47 bits per heavy atom. The van der Waals surface area contributed by atoms with Gasteiger partial charge in [0.1, 0.15) is 5.69 Å². The minimum absolute atomic E-state index is 0.00337. The van der Waals surface area contributed by atoms with E-state index in [1.165, 1.54) is 6.07 Å². The Morgan fingerprint density at radius 2 is 2.18 bits per heavy atom. The lowest BCUT2D eigenvalue weighted by Crippen LogP contribution is -2.12. The summed E-state index contributed by atoms with van der Waals surface area (Å²) in [5.74, 6) is -0.321. The van der Waals surface area contributed by atoms with E-state index in [0.717, 1.165) is 0 Å². The van der Waals surface area contributed by atoms with Gasteiger partial charge in [0.2, 0.25) is 0 Å². The number of carbonyl (C=O) groups excluding carboxylic acids is 1. The first kappa shape index (κ1) is 13.0. The van der Waals surface area contributed by atoms with Crippen LogP contribution in [0.5, 0.6) is 0 Å². The highest BCUT2D eigenvalue weighted by Crippen LogP contribution is 2.22. The Kier molecular flexibility index (Phi) is 4.93. The second kappa shape index (κ2) is 6.47. The third kappa shape index (κ3) is 4.10. The van der Waals surface area contributed by atoms with Crippen LogP contribution in [0.4, 0.5) is 11.4 Å². The second-order valence-corrected chi connectivity index (χ2v) is 3.26. The van der Waals surface area contributed by atoms with Crippen molar-refractivity contribution in [1.82, 2.24) is 0 Å². The van der Waals surface area contributed by atoms with Gasteiger partial charge in [0.05, 0.1) is 18.0 Å². The van der Waals surface area contributed by atoms with Gasteiger partial charge >= 0.3 is 5.97 Å². The predicted octanol–water partition coefficient (Wildman–Crippen LogP) is 1.96. The summed E-state index contributed by atoms with van der Waals surface area (Å²) in [6, 6.07) is 6.30. The van der Waals surface area contributed by atoms with E-state index in [-0.39, 0.29) is 18.1 Å². The summed E-state index contributed by atoms with van der Waals surface area (Å²) >= 11 is 0. The molecule has 0 heterocycles. The summed E-state index contributed by atoms with van der Waals surface area (Å²) in [4.78, 5) is 21.3. The molecule has 6 nitrogen and oxygen atoms in total. The van der Waals surface area contributed by atoms with Crippen LogP contribution in [0.3, 0.4) is 0 Å². The smallest absolute Gasteiger partial charge is 0.307 e. The number of nitrogens with one attached hydrogen (secondary N) is 1. The van der Waals surface area contributed by atoms with Crippen LogP contribution in [0.25, 0.3) is 0 Å². The molecule has 92 valence electrons. The maximum absolute atomic E-state index is 11.1. The number of hydrogen-bond acceptors (Lipinski definition) is 5. The van der Waals surface area contributed by atoms with Crippen molar-refractivity contribution in [3.05, 3.63) is 34.4 Å². The number of nitro benzene ring substituents is 1. The van der Waals surface area contributed by atoms with Crippen molar-refractivity contribution in [3.63, 3.8) is 0 Å². The molecule has 0 bridgehead atoms. The molecule has 0 aliphatic heterocycles. The Bertz CT molecular complexity index is 406. The molecule has 0 aliphatic rings. The summed E-state index contributed by atoms with van der Waals surface area (Å²) in [5.41, 5.74) is 0.401. The van der Waals surface area contributed by atoms with Gasteiger partial charge in [-0.25, -0.2) is 0 Å². The number of carbonyl (C=O) groups is 1. The van der Waals surface area contributed by atoms with E-state index in [2.05, 4.69) is 5.32 Å². The number of rotatable bonds is 6. The first-order valence-corrected chi connectivity index (χ1v) is 5.28. The predicted molar refractivity (Wildman–Crippen MR) is 62.8 cm³/mol. The molecule has 0 radical (unpaired) electrons. The van der Waals surface area contributed by atoms with Gasteiger partial charge in [-0.2, -0.15) is 0 Å². The van der Waals surface area contributed by atoms with Crippen molar-refractivity contribution in [1.29, 1.82) is 0 Å². The Morgan fingerprint density at radius 3 is 2.82 bits per heavy atom. The molecule has 0 fully saturated rings. The second-order valence-electron chi connectivity index (χ2n) is 3.26. The summed E-state index contributed by atoms with van der Waals surface area (Å²) < 4.78 is 4.74. The first-order valence-electron chi connectivity index (χ1n) is 5.28. The van der Waals surface area contributed by atoms with E-state index in [0.29, 0.717) is 18.8 Å². The third-order valence-corrected chi connectivity index (χ3v) is 2.05. The van der Waals surface area contributed by atoms with Gasteiger partial charge in [-0.1, -0.05) is 12.1 Å². The number of anilines is 1. The zero-order chi connectivity index (χ0) is 12.7. The van der Waals surface area contributed by atoms with Crippen LogP contribution in [0.1, 0.15) is 13.3 Å². The van der Waals surface area contributed by atoms with Crippen molar-refractivity contribution in [2.75, 3.05) is 18.5 Å². The number of benzene rings is 1. The van der Waals surface area contributed by atoms with Crippen LogP contribution < -0.4 is 5.32 Å². The van der Waals surface area contributed by atoms with Crippen molar-refractivity contribution in [2.45, 2.75) is 13.3 Å². The zero-order valence-electron chi connectivity index (χ0n) is 9.51. The average molecular weight is 238 g/mol. The van der Waals surface area contributed by atoms with Crippen LogP contribution in [-0.4, -0.2) is 24.0 Å². The van der Waals surface area contributed by atoms with E-state index in [1.54, 1.807) is 25.1 Å². The third-order valence-electron chi connectivity index (χ3n) is 2.05. The molecule has 0 atom stereocenters. The molecule has 6 heteroatoms. The lowest BCUT2D eigenvalue weighted by Gasteiger charge is -2.06. The van der Waals surface area contributed by atoms with Gasteiger partial charge in [0.25, 0.3) is 5.69 Å². The Hall–Kier alpha value is -2.11. The minimum Gasteiger partial charge on any atom is -0.466 e. The largest absolute Gasteiger partial charge is 0.466 e. The van der Waals surface area contributed by atoms with Crippen molar-refractivity contribution in [3.8, 4) is 0 Å². The first-order chi connectivity index (χ1) is 8.15. The van der Waals surface area contributed by atoms with Gasteiger partial charge in [-0.15, -0.1) is 0 Å². The molecule has 1 rings (SSSR count). The van der Waals surface area contributed by atoms with Gasteiger partial charge in [0, 0.05) is 12.6 Å². The Balaban J connectivity index is 2.52. The minimum atomic E-state index is -0.466. The van der Waals surface area contributed by atoms with Gasteiger partial charge in [0.15, 0.2) is 0 Å². The van der Waals surface area contributed by atoms with E-state index < -0.39 is 4.92 Å². The van der Waals surface area contributed by atoms with Crippen LogP contribution in [0.15, 0.2) is 24.3 Å². The highest BCUT2D eigenvalue weighted by atomic mass is 16.6. The van der Waals surface area contributed by atoms with Crippen LogP contribution in [0.2, 0.25) is 0 Å². The van der Waals surface area contributed by atoms with Gasteiger partial charge in [-0.05, 0) is 13.0 Å². The average Bonchev–Trinajstić information content (AvgIpc) is 2.30. The molecule has 17 heavy (non-hydrogen) atoms. The number of ether oxygens (including phenoxy) is 1. The van der Waals surface area contributed by atoms with Crippen LogP contribution >= 0.6 is 0 Å². The summed E-state index contributed by atoms with van der Waals surface area (Å²) in [6.07, 6.45) is 0.180. The quantitative estimate of drug-likeness (QED) is 0.465. The number of esters is 1. The molecule has 1 aromatic rings. The maximum Gasteiger partial charge on any atom is 0.307 e. The molecular formula is C11H14N2O4. The molecule has 0 amide bonds. The zero-order valence-corrected chi connectivity index (χ0v) is 9.51. The fraction of sp³-hybridized carbons (Fsp3) is 0.364. The topological polar surface area (TPSA) is 81.5 Å². The molecule has 0 saturated heterocycles. The maximum atomic E-state index is 11.1. The fourth-order valence-electron chi connectivity index (χ4n) is 1.31. The molecule has 0 spiro atoms. The number of nitro groups is 1. The summed E-state index contributed by atoms with van der Waals surface area (Å²) in [5, 5.41) is 13.5. The normalized spacial score (nSPS) is 9.71. The molecule has 0 unspecified atom stereocenters. The standard InChI is InChI=1S/C11H14N2O4/c1-2-17-11(14)7-8-12-9-5-3-4-6-10(9)13(15)16/h3-6,12H,2,7-8H2,1H3. The van der Waals surface area contributed by atoms with Gasteiger partial charge < -0.3 is 10.1 Å². The van der Waals surface area contributed by atoms with Crippen molar-refractivity contribution < 1.29 is 14.5 Å². The molecule has 0 aromatic heterocycles. The highest BCUT2D eigenvalue weighted by molar-refractivity contribution is 5.70. The molecule has 0 aliphatic carbocycles. The highest BCUT2D eigenvalue weighted by Gasteiger charge is 2.11. The van der Waals surface area contributed by atoms with Crippen molar-refractivity contribution in [2.24, 2.45) is 0 Å². The molecule has 1 aromatic carbocycles. The molecule has 0 saturated carbocycles. The summed E-state index contributed by atoms with van der Waals surface area (Å²) in [6.45, 7) is 2.38. The lowest BCUT2D eigenvalue weighted by atomic mass is 10.2. The SMILES string of the molecule is CCOC(=O)CCNc1ccccc1[N+](=O)[O-]. The number of hydrogen-bond donors (Lipinski definition) is 1. The number of para-hydroxylation sites is 2. The molecular weight excluding hydrogens is 224 g/mol. The van der Waals surface area contributed by atoms with E-state index >= 15 is 0 Å². The van der Waals surface area contributed by atoms with Gasteiger partial charge in [-0.3, -0.25) is 14.9 Å². The summed E-state index contributed by atoms with van der Waals surface area (Å²) in [7, 11) is 0. The van der Waals surface area contributed by atoms with Crippen molar-refractivity contribution >= 4 is 17.3 Å². The lowest BCUT2D eigenvalue weighted by molar-refractivity contribution is -0.384. The monoisotopic (exact) mass is 238 g/mol. The Labute approximate surface area is 98.7 Å². The van der Waals surface area contributed by atoms with E-state index in [1.807, 2.05) is 0 Å². The van der Waals surface area contributed by atoms with Crippen LogP contribution in [0, 0.1) is 10.1 Å². The number of nitrogens with zero attached hydrogens (tertiary/aromatic N) is 1. The van der Waals surface area contributed by atoms with E-state index in [4.69, 9.17) is 4.74 Å².